The normalized spacial score (nSPS) is 19.1. The summed E-state index contributed by atoms with van der Waals surface area (Å²) in [5.74, 6) is 3.31. The third-order valence-electron chi connectivity index (χ3n) is 9.23. The zero-order valence-electron chi connectivity index (χ0n) is 24.9. The topological polar surface area (TPSA) is 95.0 Å². The Kier molecular flexibility index (Phi) is 7.40. The maximum atomic E-state index is 11.6. The van der Waals surface area contributed by atoms with Crippen molar-refractivity contribution in [3.05, 3.63) is 36.7 Å². The molecule has 4 aromatic rings. The van der Waals surface area contributed by atoms with Crippen LogP contribution in [0.25, 0.3) is 28.1 Å². The number of imidazole rings is 1. The summed E-state index contributed by atoms with van der Waals surface area (Å²) in [5, 5.41) is 5.91. The van der Waals surface area contributed by atoms with Crippen LogP contribution in [0.4, 0.5) is 5.82 Å². The quantitative estimate of drug-likeness (QED) is 0.219. The van der Waals surface area contributed by atoms with Crippen LogP contribution in [-0.2, 0) is 9.22 Å². The molecule has 0 spiro atoms. The third kappa shape index (κ3) is 5.77. The summed E-state index contributed by atoms with van der Waals surface area (Å²) in [6.07, 6.45) is 7.91. The summed E-state index contributed by atoms with van der Waals surface area (Å²) in [5.41, 5.74) is 2.26. The molecule has 5 heterocycles. The molecular weight excluding hydrogens is 534 g/mol. The zero-order chi connectivity index (χ0) is 28.8. The molecule has 0 bridgehead atoms. The van der Waals surface area contributed by atoms with Crippen molar-refractivity contribution in [1.82, 2.24) is 19.6 Å². The maximum Gasteiger partial charge on any atom is 0.231 e. The number of piperidine rings is 1. The molecule has 2 fully saturated rings. The van der Waals surface area contributed by atoms with Crippen LogP contribution in [0.5, 0.6) is 5.88 Å². The number of carbonyl (C=O) groups is 1. The number of pyridine rings is 1. The van der Waals surface area contributed by atoms with Crippen LogP contribution in [0.3, 0.4) is 0 Å². The van der Waals surface area contributed by atoms with E-state index in [0.29, 0.717) is 48.4 Å². The molecule has 4 aromatic heterocycles. The van der Waals surface area contributed by atoms with E-state index in [9.17, 15) is 4.79 Å². The van der Waals surface area contributed by atoms with Gasteiger partial charge in [-0.2, -0.15) is 0 Å². The summed E-state index contributed by atoms with van der Waals surface area (Å²) in [6, 6.07) is 7.67. The molecule has 10 heteroatoms. The highest BCUT2D eigenvalue weighted by Crippen LogP contribution is 2.38. The van der Waals surface area contributed by atoms with Gasteiger partial charge in [0, 0.05) is 50.7 Å². The first-order valence-corrected chi connectivity index (χ1v) is 17.8. The summed E-state index contributed by atoms with van der Waals surface area (Å²) in [6.45, 7) is 14.8. The van der Waals surface area contributed by atoms with Crippen molar-refractivity contribution in [2.45, 2.75) is 71.0 Å². The van der Waals surface area contributed by atoms with Crippen molar-refractivity contribution in [3.8, 4) is 17.3 Å². The van der Waals surface area contributed by atoms with Gasteiger partial charge in [0.05, 0.1) is 18.2 Å². The lowest BCUT2D eigenvalue weighted by atomic mass is 9.98. The van der Waals surface area contributed by atoms with Gasteiger partial charge in [-0.15, -0.1) is 5.10 Å². The van der Waals surface area contributed by atoms with Crippen LogP contribution in [0.15, 0.2) is 41.1 Å². The Morgan fingerprint density at radius 1 is 1.05 bits per heavy atom. The second kappa shape index (κ2) is 10.9. The van der Waals surface area contributed by atoms with E-state index >= 15 is 0 Å². The van der Waals surface area contributed by atoms with Crippen LogP contribution in [-0.4, -0.2) is 60.0 Å². The second-order valence-corrected chi connectivity index (χ2v) is 18.0. The van der Waals surface area contributed by atoms with Crippen molar-refractivity contribution in [2.24, 2.45) is 11.8 Å². The van der Waals surface area contributed by atoms with Gasteiger partial charge >= 0.3 is 0 Å². The number of carbonyl (C=O) groups excluding carboxylic acids is 1. The monoisotopic (exact) mass is 575 g/mol. The SMILES string of the molecule is CC(C)(C)[Si](C)(C)OCC1CCN(c2nccc3oc(-c4cnc5ccc(OC[C@H]6CCC(=O)C6)nn45)cc23)CC1. The molecule has 1 aliphatic carbocycles. The molecule has 41 heavy (non-hydrogen) atoms. The van der Waals surface area contributed by atoms with Gasteiger partial charge in [-0.25, -0.2) is 14.5 Å². The molecule has 1 saturated heterocycles. The van der Waals surface area contributed by atoms with E-state index in [1.54, 1.807) is 10.7 Å². The lowest BCUT2D eigenvalue weighted by Crippen LogP contribution is -2.43. The fourth-order valence-corrected chi connectivity index (χ4v) is 6.60. The number of furan rings is 1. The summed E-state index contributed by atoms with van der Waals surface area (Å²) in [7, 11) is -1.74. The first kappa shape index (κ1) is 27.9. The minimum Gasteiger partial charge on any atom is -0.476 e. The van der Waals surface area contributed by atoms with Gasteiger partial charge in [0.1, 0.15) is 22.9 Å². The highest BCUT2D eigenvalue weighted by molar-refractivity contribution is 6.74. The van der Waals surface area contributed by atoms with Crippen molar-refractivity contribution in [1.29, 1.82) is 0 Å². The van der Waals surface area contributed by atoms with Gasteiger partial charge < -0.3 is 18.5 Å². The Bertz CT molecular complexity index is 1550. The maximum absolute atomic E-state index is 11.6. The highest BCUT2D eigenvalue weighted by atomic mass is 28.4. The minimum atomic E-state index is -1.74. The zero-order valence-corrected chi connectivity index (χ0v) is 25.9. The molecule has 0 aromatic carbocycles. The fourth-order valence-electron chi connectivity index (χ4n) is 5.52. The number of nitrogens with zero attached hydrogens (tertiary/aromatic N) is 5. The van der Waals surface area contributed by atoms with Gasteiger partial charge in [-0.3, -0.25) is 4.79 Å². The average molecular weight is 576 g/mol. The van der Waals surface area contributed by atoms with Crippen molar-refractivity contribution < 1.29 is 18.4 Å². The standard InChI is InChI=1S/C31H41N5O4Si/c1-31(2,3)41(4,5)39-20-21-11-14-35(15-12-21)30-24-17-27(40-26(24)10-13-32-30)25-18-33-28-8-9-29(34-36(25)28)38-19-22-6-7-23(37)16-22/h8-10,13,17-18,21-22H,6-7,11-12,14-16,19-20H2,1-5H3/t22-/m0/s1. The lowest BCUT2D eigenvalue weighted by Gasteiger charge is -2.39. The first-order chi connectivity index (χ1) is 19.6. The van der Waals surface area contributed by atoms with E-state index in [0.717, 1.165) is 61.4 Å². The predicted molar refractivity (Wildman–Crippen MR) is 162 cm³/mol. The van der Waals surface area contributed by atoms with Crippen molar-refractivity contribution in [3.63, 3.8) is 0 Å². The predicted octanol–water partition coefficient (Wildman–Crippen LogP) is 6.52. The number of ketones is 1. The number of Topliss-reactive ketones (excluding diaryl/α,β-unsaturated/α-hetero) is 1. The van der Waals surface area contributed by atoms with Crippen LogP contribution in [0.2, 0.25) is 18.1 Å². The average Bonchev–Trinajstić information content (AvgIpc) is 3.67. The molecule has 6 rings (SSSR count). The van der Waals surface area contributed by atoms with Crippen LogP contribution < -0.4 is 9.64 Å². The van der Waals surface area contributed by atoms with E-state index in [-0.39, 0.29) is 11.0 Å². The van der Waals surface area contributed by atoms with E-state index < -0.39 is 8.32 Å². The summed E-state index contributed by atoms with van der Waals surface area (Å²) in [4.78, 5) is 23.3. The number of hydrogen-bond donors (Lipinski definition) is 0. The molecule has 1 saturated carbocycles. The number of aromatic nitrogens is 4. The Morgan fingerprint density at radius 2 is 1.85 bits per heavy atom. The fraction of sp³-hybridized carbons (Fsp3) is 0.548. The molecule has 9 nitrogen and oxygen atoms in total. The Hall–Kier alpha value is -3.24. The van der Waals surface area contributed by atoms with Crippen LogP contribution >= 0.6 is 0 Å². The van der Waals surface area contributed by atoms with E-state index in [4.69, 9.17) is 18.6 Å². The van der Waals surface area contributed by atoms with Crippen LogP contribution in [0.1, 0.15) is 52.9 Å². The number of ether oxygens (including phenoxy) is 1. The Labute approximate surface area is 242 Å². The van der Waals surface area contributed by atoms with Crippen molar-refractivity contribution in [2.75, 3.05) is 31.2 Å². The Balaban J connectivity index is 1.17. The molecule has 218 valence electrons. The molecule has 1 atom stereocenters. The van der Waals surface area contributed by atoms with E-state index in [1.807, 2.05) is 30.5 Å². The van der Waals surface area contributed by atoms with Gasteiger partial charge in [0.15, 0.2) is 19.7 Å². The number of rotatable bonds is 8. The molecule has 0 N–H and O–H groups in total. The Morgan fingerprint density at radius 3 is 2.59 bits per heavy atom. The van der Waals surface area contributed by atoms with Gasteiger partial charge in [-0.1, -0.05) is 20.8 Å². The summed E-state index contributed by atoms with van der Waals surface area (Å²) < 4.78 is 20.6. The van der Waals surface area contributed by atoms with Crippen LogP contribution in [0, 0.1) is 11.8 Å². The van der Waals surface area contributed by atoms with E-state index in [2.05, 4.69) is 48.8 Å². The summed E-state index contributed by atoms with van der Waals surface area (Å²) >= 11 is 0. The minimum absolute atomic E-state index is 0.230. The highest BCUT2D eigenvalue weighted by Gasteiger charge is 2.38. The molecular formula is C31H41N5O4Si. The van der Waals surface area contributed by atoms with E-state index in [1.165, 1.54) is 0 Å². The van der Waals surface area contributed by atoms with Gasteiger partial charge in [-0.05, 0) is 61.5 Å². The lowest BCUT2D eigenvalue weighted by molar-refractivity contribution is -0.117. The largest absolute Gasteiger partial charge is 0.476 e. The first-order valence-electron chi connectivity index (χ1n) is 14.8. The van der Waals surface area contributed by atoms with Gasteiger partial charge in [0.2, 0.25) is 5.88 Å². The second-order valence-electron chi connectivity index (χ2n) is 13.2. The molecule has 0 radical (unpaired) electrons. The smallest absolute Gasteiger partial charge is 0.231 e. The number of anilines is 1. The molecule has 0 amide bonds. The molecule has 1 aliphatic heterocycles. The van der Waals surface area contributed by atoms with Gasteiger partial charge in [0.25, 0.3) is 0 Å². The number of fused-ring (bicyclic) bond motifs is 2. The third-order valence-corrected chi connectivity index (χ3v) is 13.7. The van der Waals surface area contributed by atoms with Crippen molar-refractivity contribution >= 4 is 36.5 Å². The molecule has 0 unspecified atom stereocenters. The molecule has 2 aliphatic rings. The number of hydrogen-bond acceptors (Lipinski definition) is 8.